The van der Waals surface area contributed by atoms with Gasteiger partial charge >= 0.3 is 6.18 Å². The van der Waals surface area contributed by atoms with Crippen LogP contribution in [-0.2, 0) is 16.2 Å². The maximum Gasteiger partial charge on any atom is 0.416 e. The molecular formula is C22H16F3N3O3S. The van der Waals surface area contributed by atoms with Gasteiger partial charge in [0, 0.05) is 11.8 Å². The fourth-order valence-electron chi connectivity index (χ4n) is 3.70. The molecule has 1 aliphatic heterocycles. The number of nitrogens with zero attached hydrogens (tertiary/aromatic N) is 3. The molecule has 4 aromatic rings. The van der Waals surface area contributed by atoms with Crippen LogP contribution in [0.4, 0.5) is 18.9 Å². The standard InChI is InChI=1S/C22H16F3N3O3S/c23-22(24,25)16-4-3-6-18(13-16)32(29,30)28-10-11-31-20-8-7-15(12-19(20)28)21-26-14-17-5-1-2-9-27(17)21/h1-9,12-14H,10-11H2. The summed E-state index contributed by atoms with van der Waals surface area (Å²) in [4.78, 5) is 3.99. The van der Waals surface area contributed by atoms with Crippen LogP contribution < -0.4 is 9.04 Å². The second-order valence-corrected chi connectivity index (χ2v) is 9.07. The zero-order chi connectivity index (χ0) is 22.5. The Bertz CT molecular complexity index is 1430. The van der Waals surface area contributed by atoms with E-state index in [1.165, 1.54) is 0 Å². The molecule has 0 unspecified atom stereocenters. The van der Waals surface area contributed by atoms with Crippen LogP contribution in [0.5, 0.6) is 5.75 Å². The molecule has 0 bridgehead atoms. The molecule has 0 fully saturated rings. The van der Waals surface area contributed by atoms with E-state index >= 15 is 0 Å². The van der Waals surface area contributed by atoms with Crippen LogP contribution in [0.25, 0.3) is 16.9 Å². The molecule has 10 heteroatoms. The number of hydrogen-bond donors (Lipinski definition) is 0. The number of benzene rings is 2. The molecule has 0 atom stereocenters. The number of sulfonamides is 1. The SMILES string of the molecule is O=S(=O)(c1cccc(C(F)(F)F)c1)N1CCOc2ccc(-c3ncc4ccccn34)cc21. The monoisotopic (exact) mass is 459 g/mol. The number of ether oxygens (including phenoxy) is 1. The summed E-state index contributed by atoms with van der Waals surface area (Å²) >= 11 is 0. The second kappa shape index (κ2) is 7.27. The zero-order valence-electron chi connectivity index (χ0n) is 16.5. The number of alkyl halides is 3. The van der Waals surface area contributed by atoms with Crippen LogP contribution in [0.3, 0.4) is 0 Å². The maximum absolute atomic E-state index is 13.3. The molecule has 0 spiro atoms. The van der Waals surface area contributed by atoms with Gasteiger partial charge in [0.1, 0.15) is 18.2 Å². The summed E-state index contributed by atoms with van der Waals surface area (Å²) in [6.07, 6.45) is -1.11. The van der Waals surface area contributed by atoms with Crippen molar-refractivity contribution in [1.29, 1.82) is 0 Å². The van der Waals surface area contributed by atoms with E-state index in [0.717, 1.165) is 28.0 Å². The molecule has 0 radical (unpaired) electrons. The van der Waals surface area contributed by atoms with Crippen molar-refractivity contribution in [3.63, 3.8) is 0 Å². The summed E-state index contributed by atoms with van der Waals surface area (Å²) in [5.74, 6) is 0.932. The molecule has 0 amide bonds. The lowest BCUT2D eigenvalue weighted by molar-refractivity contribution is -0.137. The molecule has 3 heterocycles. The molecular weight excluding hydrogens is 443 g/mol. The van der Waals surface area contributed by atoms with Gasteiger partial charge in [0.25, 0.3) is 10.0 Å². The molecule has 0 saturated heterocycles. The van der Waals surface area contributed by atoms with Crippen molar-refractivity contribution >= 4 is 21.2 Å². The van der Waals surface area contributed by atoms with Gasteiger partial charge in [-0.25, -0.2) is 13.4 Å². The van der Waals surface area contributed by atoms with Crippen LogP contribution >= 0.6 is 0 Å². The van der Waals surface area contributed by atoms with Crippen molar-refractivity contribution in [2.24, 2.45) is 0 Å². The highest BCUT2D eigenvalue weighted by Gasteiger charge is 2.35. The fraction of sp³-hybridized carbons (Fsp3) is 0.136. The van der Waals surface area contributed by atoms with E-state index in [1.54, 1.807) is 24.4 Å². The number of rotatable bonds is 3. The number of hydrogen-bond acceptors (Lipinski definition) is 4. The predicted octanol–water partition coefficient (Wildman–Crippen LogP) is 4.61. The van der Waals surface area contributed by atoms with Gasteiger partial charge in [-0.3, -0.25) is 8.71 Å². The molecule has 164 valence electrons. The Morgan fingerprint density at radius 3 is 2.66 bits per heavy atom. The van der Waals surface area contributed by atoms with Gasteiger partial charge in [-0.15, -0.1) is 0 Å². The average molecular weight is 459 g/mol. The molecule has 2 aromatic carbocycles. The minimum atomic E-state index is -4.65. The van der Waals surface area contributed by atoms with Crippen LogP contribution in [0.1, 0.15) is 5.56 Å². The van der Waals surface area contributed by atoms with E-state index in [-0.39, 0.29) is 18.8 Å². The first-order chi connectivity index (χ1) is 15.2. The Morgan fingerprint density at radius 1 is 1.00 bits per heavy atom. The lowest BCUT2D eigenvalue weighted by atomic mass is 10.1. The van der Waals surface area contributed by atoms with Gasteiger partial charge in [0.05, 0.1) is 34.4 Å². The summed E-state index contributed by atoms with van der Waals surface area (Å²) < 4.78 is 74.6. The van der Waals surface area contributed by atoms with Gasteiger partial charge in [-0.1, -0.05) is 12.1 Å². The molecule has 2 aromatic heterocycles. The number of imidazole rings is 1. The highest BCUT2D eigenvalue weighted by Crippen LogP contribution is 2.39. The molecule has 1 aliphatic rings. The minimum Gasteiger partial charge on any atom is -0.489 e. The van der Waals surface area contributed by atoms with Crippen molar-refractivity contribution in [3.8, 4) is 17.1 Å². The largest absolute Gasteiger partial charge is 0.489 e. The van der Waals surface area contributed by atoms with Crippen molar-refractivity contribution in [2.45, 2.75) is 11.1 Å². The second-order valence-electron chi connectivity index (χ2n) is 7.21. The van der Waals surface area contributed by atoms with Crippen LogP contribution in [0.2, 0.25) is 0 Å². The molecule has 0 aliphatic carbocycles. The number of pyridine rings is 1. The molecule has 6 nitrogen and oxygen atoms in total. The lowest BCUT2D eigenvalue weighted by Gasteiger charge is -2.31. The van der Waals surface area contributed by atoms with Crippen LogP contribution in [0.15, 0.2) is 78.0 Å². The number of aromatic nitrogens is 2. The Morgan fingerprint density at radius 2 is 1.84 bits per heavy atom. The maximum atomic E-state index is 13.3. The van der Waals surface area contributed by atoms with E-state index in [0.29, 0.717) is 23.2 Å². The van der Waals surface area contributed by atoms with Crippen molar-refractivity contribution in [3.05, 3.63) is 78.6 Å². The van der Waals surface area contributed by atoms with Crippen LogP contribution in [-0.4, -0.2) is 31.0 Å². The van der Waals surface area contributed by atoms with Gasteiger partial charge in [-0.2, -0.15) is 13.2 Å². The Hall–Kier alpha value is -3.53. The number of halogens is 3. The minimum absolute atomic E-state index is 0.0304. The van der Waals surface area contributed by atoms with E-state index in [1.807, 2.05) is 28.8 Å². The summed E-state index contributed by atoms with van der Waals surface area (Å²) in [5.41, 5.74) is 0.734. The van der Waals surface area contributed by atoms with E-state index in [9.17, 15) is 21.6 Å². The highest BCUT2D eigenvalue weighted by atomic mass is 32.2. The Balaban J connectivity index is 1.61. The highest BCUT2D eigenvalue weighted by molar-refractivity contribution is 7.92. The number of fused-ring (bicyclic) bond motifs is 2. The van der Waals surface area contributed by atoms with Crippen LogP contribution in [0, 0.1) is 0 Å². The van der Waals surface area contributed by atoms with Gasteiger partial charge in [0.15, 0.2) is 0 Å². The average Bonchev–Trinajstić information content (AvgIpc) is 3.22. The first kappa shape index (κ1) is 20.4. The summed E-state index contributed by atoms with van der Waals surface area (Å²) in [6.45, 7) is 0.0498. The van der Waals surface area contributed by atoms with Gasteiger partial charge < -0.3 is 4.74 Å². The third-order valence-electron chi connectivity index (χ3n) is 5.23. The van der Waals surface area contributed by atoms with Gasteiger partial charge in [-0.05, 0) is 48.5 Å². The first-order valence-electron chi connectivity index (χ1n) is 9.64. The van der Waals surface area contributed by atoms with Crippen molar-refractivity contribution < 1.29 is 26.3 Å². The quantitative estimate of drug-likeness (QED) is 0.449. The third kappa shape index (κ3) is 3.36. The predicted molar refractivity (Wildman–Crippen MR) is 112 cm³/mol. The van der Waals surface area contributed by atoms with Crippen molar-refractivity contribution in [2.75, 3.05) is 17.5 Å². The summed E-state index contributed by atoms with van der Waals surface area (Å²) in [6, 6.07) is 14.4. The molecule has 0 saturated carbocycles. The third-order valence-corrected chi connectivity index (χ3v) is 7.04. The normalized spacial score (nSPS) is 14.3. The van der Waals surface area contributed by atoms with E-state index in [2.05, 4.69) is 4.98 Å². The summed E-state index contributed by atoms with van der Waals surface area (Å²) in [5, 5.41) is 0. The lowest BCUT2D eigenvalue weighted by Crippen LogP contribution is -2.38. The molecule has 32 heavy (non-hydrogen) atoms. The van der Waals surface area contributed by atoms with E-state index in [4.69, 9.17) is 4.74 Å². The summed E-state index contributed by atoms with van der Waals surface area (Å²) in [7, 11) is -4.26. The first-order valence-corrected chi connectivity index (χ1v) is 11.1. The van der Waals surface area contributed by atoms with E-state index < -0.39 is 26.7 Å². The van der Waals surface area contributed by atoms with Gasteiger partial charge in [0.2, 0.25) is 0 Å². The zero-order valence-corrected chi connectivity index (χ0v) is 17.3. The number of anilines is 1. The topological polar surface area (TPSA) is 63.9 Å². The Kier molecular flexibility index (Phi) is 4.63. The Labute approximate surface area is 181 Å². The smallest absolute Gasteiger partial charge is 0.416 e. The van der Waals surface area contributed by atoms with Crippen molar-refractivity contribution in [1.82, 2.24) is 9.38 Å². The fourth-order valence-corrected chi connectivity index (χ4v) is 5.20. The molecule has 5 rings (SSSR count). The molecule has 0 N–H and O–H groups in total.